The average molecular weight is 359 g/mol. The number of thiocarbonyl (C=S) groups is 1. The van der Waals surface area contributed by atoms with Gasteiger partial charge in [0.2, 0.25) is 0 Å². The molecule has 2 N–H and O–H groups in total. The van der Waals surface area contributed by atoms with Gasteiger partial charge in [-0.1, -0.05) is 13.0 Å². The van der Waals surface area contributed by atoms with E-state index in [1.165, 1.54) is 38.5 Å². The molecule has 0 amide bonds. The third-order valence-electron chi connectivity index (χ3n) is 6.87. The summed E-state index contributed by atoms with van der Waals surface area (Å²) in [6.07, 6.45) is 9.84. The number of ether oxygens (including phenoxy) is 1. The number of rotatable bonds is 5. The molecule has 1 unspecified atom stereocenters. The standard InChI is InChI=1S/C21H30N2OS/c1-3-19(21-11-14-7-15(12-21)9-16(8-14)13-21)23-20(25)22-17-5-4-6-18(10-17)24-2/h4-6,10,14-16,19H,3,7-9,11-13H2,1-2H3,(H2,22,23,25). The molecule has 4 heteroatoms. The summed E-state index contributed by atoms with van der Waals surface area (Å²) in [4.78, 5) is 0. The largest absolute Gasteiger partial charge is 0.497 e. The molecule has 25 heavy (non-hydrogen) atoms. The lowest BCUT2D eigenvalue weighted by Crippen LogP contribution is -2.57. The minimum Gasteiger partial charge on any atom is -0.497 e. The third kappa shape index (κ3) is 3.38. The molecule has 0 radical (unpaired) electrons. The highest BCUT2D eigenvalue weighted by atomic mass is 32.1. The first-order chi connectivity index (χ1) is 12.1. The quantitative estimate of drug-likeness (QED) is 0.728. The zero-order chi connectivity index (χ0) is 17.4. The van der Waals surface area contributed by atoms with E-state index < -0.39 is 0 Å². The van der Waals surface area contributed by atoms with Crippen LogP contribution in [0.25, 0.3) is 0 Å². The van der Waals surface area contributed by atoms with Crippen molar-refractivity contribution in [3.05, 3.63) is 24.3 Å². The van der Waals surface area contributed by atoms with Gasteiger partial charge in [-0.25, -0.2) is 0 Å². The van der Waals surface area contributed by atoms with Gasteiger partial charge in [-0.15, -0.1) is 0 Å². The van der Waals surface area contributed by atoms with Crippen molar-refractivity contribution < 1.29 is 4.74 Å². The molecular weight excluding hydrogens is 328 g/mol. The van der Waals surface area contributed by atoms with Gasteiger partial charge in [-0.3, -0.25) is 0 Å². The van der Waals surface area contributed by atoms with Crippen LogP contribution in [0.15, 0.2) is 24.3 Å². The predicted molar refractivity (Wildman–Crippen MR) is 107 cm³/mol. The van der Waals surface area contributed by atoms with Gasteiger partial charge < -0.3 is 15.4 Å². The smallest absolute Gasteiger partial charge is 0.171 e. The first kappa shape index (κ1) is 17.1. The lowest BCUT2D eigenvalue weighted by molar-refractivity contribution is -0.0709. The Hall–Kier alpha value is -1.29. The number of anilines is 1. The van der Waals surface area contributed by atoms with Crippen LogP contribution >= 0.6 is 12.2 Å². The van der Waals surface area contributed by atoms with Crippen LogP contribution in [0.5, 0.6) is 5.75 Å². The normalized spacial score (nSPS) is 33.8. The molecule has 1 aromatic carbocycles. The van der Waals surface area contributed by atoms with Gasteiger partial charge in [0.1, 0.15) is 5.75 Å². The second-order valence-electron chi connectivity index (χ2n) is 8.57. The topological polar surface area (TPSA) is 33.3 Å². The van der Waals surface area contributed by atoms with Gasteiger partial charge in [-0.2, -0.15) is 0 Å². The Morgan fingerprint density at radius 1 is 1.20 bits per heavy atom. The molecule has 0 aromatic heterocycles. The molecular formula is C21H30N2OS. The Morgan fingerprint density at radius 2 is 1.84 bits per heavy atom. The van der Waals surface area contributed by atoms with E-state index in [1.54, 1.807) is 7.11 Å². The van der Waals surface area contributed by atoms with Crippen molar-refractivity contribution in [2.75, 3.05) is 12.4 Å². The zero-order valence-electron chi connectivity index (χ0n) is 15.4. The lowest BCUT2D eigenvalue weighted by atomic mass is 9.47. The van der Waals surface area contributed by atoms with Crippen molar-refractivity contribution in [1.82, 2.24) is 5.32 Å². The molecule has 136 valence electrons. The summed E-state index contributed by atoms with van der Waals surface area (Å²) in [6.45, 7) is 2.31. The number of hydrogen-bond donors (Lipinski definition) is 2. The summed E-state index contributed by atoms with van der Waals surface area (Å²) >= 11 is 5.65. The van der Waals surface area contributed by atoms with Crippen LogP contribution < -0.4 is 15.4 Å². The van der Waals surface area contributed by atoms with Crippen molar-refractivity contribution in [1.29, 1.82) is 0 Å². The first-order valence-electron chi connectivity index (χ1n) is 9.82. The Labute approximate surface area is 156 Å². The second-order valence-corrected chi connectivity index (χ2v) is 8.98. The fourth-order valence-corrected chi connectivity index (χ4v) is 6.58. The zero-order valence-corrected chi connectivity index (χ0v) is 16.2. The minimum atomic E-state index is 0.476. The second kappa shape index (κ2) is 6.79. The summed E-state index contributed by atoms with van der Waals surface area (Å²) in [7, 11) is 1.69. The maximum Gasteiger partial charge on any atom is 0.171 e. The maximum absolute atomic E-state index is 5.65. The monoisotopic (exact) mass is 358 g/mol. The Balaban J connectivity index is 1.44. The number of nitrogens with one attached hydrogen (secondary N) is 2. The molecule has 1 atom stereocenters. The summed E-state index contributed by atoms with van der Waals surface area (Å²) in [5.74, 6) is 3.77. The molecule has 0 heterocycles. The highest BCUT2D eigenvalue weighted by Gasteiger charge is 2.53. The van der Waals surface area contributed by atoms with Crippen LogP contribution in [-0.4, -0.2) is 18.3 Å². The molecule has 4 saturated carbocycles. The Kier molecular flexibility index (Phi) is 4.65. The van der Waals surface area contributed by atoms with Gasteiger partial charge in [0.25, 0.3) is 0 Å². The predicted octanol–water partition coefficient (Wildman–Crippen LogP) is 4.98. The molecule has 4 fully saturated rings. The molecule has 4 aliphatic rings. The van der Waals surface area contributed by atoms with Crippen molar-refractivity contribution in [3.63, 3.8) is 0 Å². The van der Waals surface area contributed by atoms with E-state index in [2.05, 4.69) is 17.6 Å². The van der Waals surface area contributed by atoms with Crippen LogP contribution in [-0.2, 0) is 0 Å². The first-order valence-corrected chi connectivity index (χ1v) is 10.2. The summed E-state index contributed by atoms with van der Waals surface area (Å²) in [5, 5.41) is 7.79. The van der Waals surface area contributed by atoms with E-state index in [9.17, 15) is 0 Å². The Morgan fingerprint density at radius 3 is 2.40 bits per heavy atom. The minimum absolute atomic E-state index is 0.476. The van der Waals surface area contributed by atoms with E-state index >= 15 is 0 Å². The van der Waals surface area contributed by atoms with Crippen LogP contribution in [0.1, 0.15) is 51.9 Å². The van der Waals surface area contributed by atoms with Gasteiger partial charge >= 0.3 is 0 Å². The van der Waals surface area contributed by atoms with Crippen LogP contribution in [0.3, 0.4) is 0 Å². The van der Waals surface area contributed by atoms with Crippen molar-refractivity contribution in [2.45, 2.75) is 57.9 Å². The maximum atomic E-state index is 5.65. The van der Waals surface area contributed by atoms with E-state index in [-0.39, 0.29) is 0 Å². The van der Waals surface area contributed by atoms with Gasteiger partial charge in [0.05, 0.1) is 7.11 Å². The summed E-state index contributed by atoms with van der Waals surface area (Å²) in [5.41, 5.74) is 1.46. The highest BCUT2D eigenvalue weighted by molar-refractivity contribution is 7.80. The molecule has 5 rings (SSSR count). The SMILES string of the molecule is CCC(NC(=S)Nc1cccc(OC)c1)C12CC3CC(CC(C3)C1)C2. The van der Waals surface area contributed by atoms with E-state index in [0.717, 1.165) is 40.7 Å². The van der Waals surface area contributed by atoms with E-state index in [4.69, 9.17) is 17.0 Å². The van der Waals surface area contributed by atoms with Gasteiger partial charge in [0.15, 0.2) is 5.11 Å². The fourth-order valence-electron chi connectivity index (χ4n) is 6.32. The number of methoxy groups -OCH3 is 1. The highest BCUT2D eigenvalue weighted by Crippen LogP contribution is 2.61. The van der Waals surface area contributed by atoms with E-state index in [1.807, 2.05) is 24.3 Å². The van der Waals surface area contributed by atoms with Crippen molar-refractivity contribution in [2.24, 2.45) is 23.2 Å². The van der Waals surface area contributed by atoms with Crippen LogP contribution in [0.2, 0.25) is 0 Å². The molecule has 0 spiro atoms. The molecule has 4 aliphatic carbocycles. The molecule has 1 aromatic rings. The molecule has 3 nitrogen and oxygen atoms in total. The Bertz CT molecular complexity index is 609. The summed E-state index contributed by atoms with van der Waals surface area (Å²) < 4.78 is 5.30. The van der Waals surface area contributed by atoms with Crippen molar-refractivity contribution >= 4 is 23.0 Å². The van der Waals surface area contributed by atoms with Crippen LogP contribution in [0.4, 0.5) is 5.69 Å². The molecule has 4 bridgehead atoms. The fraction of sp³-hybridized carbons (Fsp3) is 0.667. The van der Waals surface area contributed by atoms with Gasteiger partial charge in [0, 0.05) is 17.8 Å². The number of benzene rings is 1. The molecule has 0 saturated heterocycles. The number of hydrogen-bond acceptors (Lipinski definition) is 2. The van der Waals surface area contributed by atoms with Crippen LogP contribution in [0, 0.1) is 23.2 Å². The average Bonchev–Trinajstić information content (AvgIpc) is 2.58. The van der Waals surface area contributed by atoms with E-state index in [0.29, 0.717) is 11.5 Å². The van der Waals surface area contributed by atoms with Gasteiger partial charge in [-0.05, 0) is 92.5 Å². The third-order valence-corrected chi connectivity index (χ3v) is 7.09. The van der Waals surface area contributed by atoms with Crippen molar-refractivity contribution in [3.8, 4) is 5.75 Å². The summed E-state index contributed by atoms with van der Waals surface area (Å²) in [6, 6.07) is 8.44. The molecule has 0 aliphatic heterocycles. The lowest BCUT2D eigenvalue weighted by Gasteiger charge is -2.59.